The van der Waals surface area contributed by atoms with E-state index in [0.29, 0.717) is 29.5 Å². The first-order valence-electron chi connectivity index (χ1n) is 7.17. The molecular weight excluding hydrogens is 334 g/mol. The SMILES string of the molecule is CSc1ccc(Cl)c(C(=O)NC[C@@H]2COc3ccccc3O2)c1. The molecule has 4 nitrogen and oxygen atoms in total. The van der Waals surface area contributed by atoms with E-state index in [0.717, 1.165) is 10.6 Å². The van der Waals surface area contributed by atoms with Gasteiger partial charge in [-0.25, -0.2) is 0 Å². The summed E-state index contributed by atoms with van der Waals surface area (Å²) in [7, 11) is 0. The minimum atomic E-state index is -0.226. The number of hydrogen-bond acceptors (Lipinski definition) is 4. The van der Waals surface area contributed by atoms with Gasteiger partial charge in [0.25, 0.3) is 5.91 Å². The van der Waals surface area contributed by atoms with E-state index >= 15 is 0 Å². The number of amides is 1. The van der Waals surface area contributed by atoms with E-state index < -0.39 is 0 Å². The number of nitrogens with one attached hydrogen (secondary N) is 1. The lowest BCUT2D eigenvalue weighted by atomic mass is 10.2. The quantitative estimate of drug-likeness (QED) is 0.856. The van der Waals surface area contributed by atoms with Gasteiger partial charge in [-0.2, -0.15) is 0 Å². The average molecular weight is 350 g/mol. The van der Waals surface area contributed by atoms with Crippen LogP contribution in [0.3, 0.4) is 0 Å². The minimum Gasteiger partial charge on any atom is -0.486 e. The molecule has 120 valence electrons. The molecule has 2 aromatic rings. The first-order chi connectivity index (χ1) is 11.2. The molecule has 1 aliphatic rings. The van der Waals surface area contributed by atoms with E-state index in [2.05, 4.69) is 5.32 Å². The van der Waals surface area contributed by atoms with Crippen LogP contribution in [0.4, 0.5) is 0 Å². The van der Waals surface area contributed by atoms with Crippen molar-refractivity contribution in [3.05, 3.63) is 53.1 Å². The van der Waals surface area contributed by atoms with Crippen LogP contribution in [0.1, 0.15) is 10.4 Å². The summed E-state index contributed by atoms with van der Waals surface area (Å²) in [6.45, 7) is 0.753. The number of para-hydroxylation sites is 2. The highest BCUT2D eigenvalue weighted by atomic mass is 35.5. The molecule has 0 aromatic heterocycles. The summed E-state index contributed by atoms with van der Waals surface area (Å²) < 4.78 is 11.4. The van der Waals surface area contributed by atoms with Gasteiger partial charge < -0.3 is 14.8 Å². The fraction of sp³-hybridized carbons (Fsp3) is 0.235. The summed E-state index contributed by atoms with van der Waals surface area (Å²) in [5.41, 5.74) is 0.468. The van der Waals surface area contributed by atoms with Crippen LogP contribution in [0.2, 0.25) is 5.02 Å². The van der Waals surface area contributed by atoms with E-state index in [1.165, 1.54) is 0 Å². The van der Waals surface area contributed by atoms with Gasteiger partial charge >= 0.3 is 0 Å². The molecule has 0 saturated carbocycles. The van der Waals surface area contributed by atoms with Gasteiger partial charge in [0.15, 0.2) is 11.5 Å². The number of hydrogen-bond donors (Lipinski definition) is 1. The van der Waals surface area contributed by atoms with E-state index in [-0.39, 0.29) is 12.0 Å². The zero-order chi connectivity index (χ0) is 16.2. The molecule has 0 fully saturated rings. The van der Waals surface area contributed by atoms with Crippen molar-refractivity contribution >= 4 is 29.3 Å². The van der Waals surface area contributed by atoms with Gasteiger partial charge in [-0.3, -0.25) is 4.79 Å². The van der Waals surface area contributed by atoms with Crippen molar-refractivity contribution in [3.63, 3.8) is 0 Å². The number of carbonyl (C=O) groups is 1. The molecular formula is C17H16ClNO3S. The fourth-order valence-corrected chi connectivity index (χ4v) is 2.91. The Morgan fingerprint density at radius 1 is 1.30 bits per heavy atom. The third kappa shape index (κ3) is 3.74. The Balaban J connectivity index is 1.62. The van der Waals surface area contributed by atoms with Gasteiger partial charge in [0.2, 0.25) is 0 Å². The third-order valence-electron chi connectivity index (χ3n) is 3.48. The lowest BCUT2D eigenvalue weighted by Gasteiger charge is -2.26. The second kappa shape index (κ2) is 7.15. The number of carbonyl (C=O) groups excluding carboxylic acids is 1. The molecule has 3 rings (SSSR count). The Kier molecular flexibility index (Phi) is 4.98. The van der Waals surface area contributed by atoms with Gasteiger partial charge in [-0.1, -0.05) is 23.7 Å². The second-order valence-corrected chi connectivity index (χ2v) is 6.34. The summed E-state index contributed by atoms with van der Waals surface area (Å²) in [4.78, 5) is 13.3. The number of fused-ring (bicyclic) bond motifs is 1. The van der Waals surface area contributed by atoms with Crippen molar-refractivity contribution in [2.75, 3.05) is 19.4 Å². The highest BCUT2D eigenvalue weighted by Gasteiger charge is 2.21. The molecule has 0 bridgehead atoms. The zero-order valence-corrected chi connectivity index (χ0v) is 14.1. The first kappa shape index (κ1) is 16.0. The maximum Gasteiger partial charge on any atom is 0.252 e. The lowest BCUT2D eigenvalue weighted by molar-refractivity contribution is 0.0789. The monoisotopic (exact) mass is 349 g/mol. The van der Waals surface area contributed by atoms with Gasteiger partial charge in [-0.15, -0.1) is 11.8 Å². The topological polar surface area (TPSA) is 47.6 Å². The number of ether oxygens (including phenoxy) is 2. The highest BCUT2D eigenvalue weighted by Crippen LogP contribution is 2.30. The molecule has 1 heterocycles. The number of benzene rings is 2. The molecule has 2 aromatic carbocycles. The number of rotatable bonds is 4. The summed E-state index contributed by atoms with van der Waals surface area (Å²) in [6, 6.07) is 12.9. The molecule has 1 aliphatic heterocycles. The Morgan fingerprint density at radius 2 is 2.09 bits per heavy atom. The molecule has 0 unspecified atom stereocenters. The molecule has 1 atom stereocenters. The molecule has 6 heteroatoms. The molecule has 0 saturated heterocycles. The van der Waals surface area contributed by atoms with E-state index in [9.17, 15) is 4.79 Å². The maximum atomic E-state index is 12.3. The summed E-state index contributed by atoms with van der Waals surface area (Å²) in [5, 5.41) is 3.29. The van der Waals surface area contributed by atoms with Crippen molar-refractivity contribution in [1.29, 1.82) is 0 Å². The standard InChI is InChI=1S/C17H16ClNO3S/c1-23-12-6-7-14(18)13(8-12)17(20)19-9-11-10-21-15-4-2-3-5-16(15)22-11/h2-8,11H,9-10H2,1H3,(H,19,20)/t11-/m1/s1. The minimum absolute atomic E-state index is 0.214. The van der Waals surface area contributed by atoms with Crippen molar-refractivity contribution in [1.82, 2.24) is 5.32 Å². The van der Waals surface area contributed by atoms with E-state index in [1.807, 2.05) is 36.6 Å². The second-order valence-electron chi connectivity index (χ2n) is 5.05. The van der Waals surface area contributed by atoms with E-state index in [1.54, 1.807) is 23.9 Å². The molecule has 0 radical (unpaired) electrons. The summed E-state index contributed by atoms with van der Waals surface area (Å²) >= 11 is 7.67. The first-order valence-corrected chi connectivity index (χ1v) is 8.78. The average Bonchev–Trinajstić information content (AvgIpc) is 2.60. The van der Waals surface area contributed by atoms with Crippen LogP contribution in [0, 0.1) is 0 Å². The van der Waals surface area contributed by atoms with E-state index in [4.69, 9.17) is 21.1 Å². The predicted molar refractivity (Wildman–Crippen MR) is 91.9 cm³/mol. The Morgan fingerprint density at radius 3 is 2.87 bits per heavy atom. The van der Waals surface area contributed by atoms with Gasteiger partial charge in [0, 0.05) is 4.90 Å². The smallest absolute Gasteiger partial charge is 0.252 e. The van der Waals surface area contributed by atoms with Gasteiger partial charge in [0.1, 0.15) is 12.7 Å². The maximum absolute atomic E-state index is 12.3. The van der Waals surface area contributed by atoms with Crippen molar-refractivity contribution < 1.29 is 14.3 Å². The molecule has 0 aliphatic carbocycles. The van der Waals surface area contributed by atoms with Crippen LogP contribution in [-0.4, -0.2) is 31.4 Å². The van der Waals surface area contributed by atoms with Gasteiger partial charge in [-0.05, 0) is 36.6 Å². The van der Waals surface area contributed by atoms with Crippen LogP contribution >= 0.6 is 23.4 Å². The normalized spacial score (nSPS) is 16.0. The largest absolute Gasteiger partial charge is 0.486 e. The van der Waals surface area contributed by atoms with Crippen LogP contribution in [0.15, 0.2) is 47.4 Å². The molecule has 1 amide bonds. The zero-order valence-electron chi connectivity index (χ0n) is 12.5. The third-order valence-corrected chi connectivity index (χ3v) is 4.53. The number of halogens is 1. The van der Waals surface area contributed by atoms with Crippen LogP contribution in [-0.2, 0) is 0 Å². The molecule has 1 N–H and O–H groups in total. The molecule has 0 spiro atoms. The summed E-state index contributed by atoms with van der Waals surface area (Å²) in [6.07, 6.45) is 1.73. The van der Waals surface area contributed by atoms with Crippen molar-refractivity contribution in [2.45, 2.75) is 11.0 Å². The van der Waals surface area contributed by atoms with Crippen LogP contribution < -0.4 is 14.8 Å². The van der Waals surface area contributed by atoms with Gasteiger partial charge in [0.05, 0.1) is 17.1 Å². The number of thioether (sulfide) groups is 1. The Bertz CT molecular complexity index is 723. The highest BCUT2D eigenvalue weighted by molar-refractivity contribution is 7.98. The van der Waals surface area contributed by atoms with Crippen molar-refractivity contribution in [3.8, 4) is 11.5 Å². The predicted octanol–water partition coefficient (Wildman–Crippen LogP) is 3.63. The van der Waals surface area contributed by atoms with Crippen molar-refractivity contribution in [2.24, 2.45) is 0 Å². The summed E-state index contributed by atoms with van der Waals surface area (Å²) in [5.74, 6) is 1.21. The molecule has 23 heavy (non-hydrogen) atoms. The van der Waals surface area contributed by atoms with Crippen LogP contribution in [0.5, 0.6) is 11.5 Å². The van der Waals surface area contributed by atoms with Crippen LogP contribution in [0.25, 0.3) is 0 Å². The lowest BCUT2D eigenvalue weighted by Crippen LogP contribution is -2.40. The Labute approximate surface area is 144 Å². The fourth-order valence-electron chi connectivity index (χ4n) is 2.27. The Hall–Kier alpha value is -1.85.